The van der Waals surface area contributed by atoms with Gasteiger partial charge in [-0.2, -0.15) is 0 Å². The summed E-state index contributed by atoms with van der Waals surface area (Å²) in [5, 5.41) is 0. The van der Waals surface area contributed by atoms with Crippen molar-refractivity contribution in [2.45, 2.75) is 0 Å². The molecule has 0 saturated carbocycles. The topological polar surface area (TPSA) is 113 Å². The highest BCUT2D eigenvalue weighted by molar-refractivity contribution is 5.81. The monoisotopic (exact) mass is 433 g/mol. The number of nitrogen functional groups attached to an aromatic ring is 1. The molecule has 0 unspecified atom stereocenters. The van der Waals surface area contributed by atoms with Gasteiger partial charge in [0.15, 0.2) is 23.9 Å². The predicted octanol–water partition coefficient (Wildman–Crippen LogP) is 2.82. The van der Waals surface area contributed by atoms with Gasteiger partial charge in [-0.3, -0.25) is 4.79 Å². The van der Waals surface area contributed by atoms with Crippen molar-refractivity contribution < 1.29 is 12.4 Å². The molecular weight excluding hydrogens is 406 g/mol. The maximum Gasteiger partial charge on any atom is 0.260 e. The van der Waals surface area contributed by atoms with Crippen LogP contribution in [0.25, 0.3) is 22.6 Å². The molecule has 32 heavy (non-hydrogen) atoms. The Morgan fingerprint density at radius 3 is 2.56 bits per heavy atom. The lowest BCUT2D eigenvalue weighted by Gasteiger charge is -2.35. The Morgan fingerprint density at radius 1 is 1.03 bits per heavy atom. The van der Waals surface area contributed by atoms with Gasteiger partial charge in [-0.25, -0.2) is 15.0 Å². The van der Waals surface area contributed by atoms with Crippen LogP contribution in [0.15, 0.2) is 60.8 Å². The van der Waals surface area contributed by atoms with E-state index in [-0.39, 0.29) is 15.4 Å². The number of H-pyrrole nitrogens is 1. The molecule has 1 aliphatic heterocycles. The SMILES string of the molecule is Nc1ncc(N2CCN(C(=O)COc3ccccc3)CC2)nc1-c1nc2ccccc2[nH]1.[HH].[HH]. The van der Waals surface area contributed by atoms with Crippen molar-refractivity contribution in [3.8, 4) is 17.3 Å². The molecule has 0 bridgehead atoms. The van der Waals surface area contributed by atoms with Gasteiger partial charge in [0.05, 0.1) is 17.2 Å². The van der Waals surface area contributed by atoms with Crippen molar-refractivity contribution in [1.29, 1.82) is 0 Å². The van der Waals surface area contributed by atoms with Crippen molar-refractivity contribution in [3.05, 3.63) is 60.8 Å². The zero-order valence-corrected chi connectivity index (χ0v) is 17.4. The predicted molar refractivity (Wildman–Crippen MR) is 126 cm³/mol. The molecule has 0 aliphatic carbocycles. The molecule has 0 atom stereocenters. The number of benzene rings is 2. The number of amides is 1. The van der Waals surface area contributed by atoms with Gasteiger partial charge in [-0.05, 0) is 24.3 Å². The molecule has 3 N–H and O–H groups in total. The lowest BCUT2D eigenvalue weighted by molar-refractivity contribution is -0.133. The van der Waals surface area contributed by atoms with Gasteiger partial charge >= 0.3 is 0 Å². The first-order valence-electron chi connectivity index (χ1n) is 10.5. The van der Waals surface area contributed by atoms with Gasteiger partial charge in [-0.15, -0.1) is 0 Å². The molecule has 9 nitrogen and oxygen atoms in total. The Hall–Kier alpha value is -4.14. The number of anilines is 2. The molecule has 0 radical (unpaired) electrons. The summed E-state index contributed by atoms with van der Waals surface area (Å²) < 4.78 is 5.58. The summed E-state index contributed by atoms with van der Waals surface area (Å²) in [6.07, 6.45) is 1.66. The summed E-state index contributed by atoms with van der Waals surface area (Å²) >= 11 is 0. The molecular formula is C23H27N7O2. The molecule has 0 spiro atoms. The molecule has 166 valence electrons. The number of aromatic nitrogens is 4. The van der Waals surface area contributed by atoms with Crippen LogP contribution in [0.3, 0.4) is 0 Å². The summed E-state index contributed by atoms with van der Waals surface area (Å²) in [6, 6.07) is 17.1. The van der Waals surface area contributed by atoms with Gasteiger partial charge in [0, 0.05) is 29.0 Å². The third-order valence-corrected chi connectivity index (χ3v) is 5.46. The molecule has 9 heteroatoms. The van der Waals surface area contributed by atoms with E-state index in [0.29, 0.717) is 55.1 Å². The first-order chi connectivity index (χ1) is 15.7. The first-order valence-corrected chi connectivity index (χ1v) is 10.5. The summed E-state index contributed by atoms with van der Waals surface area (Å²) in [5.74, 6) is 2.28. The van der Waals surface area contributed by atoms with Gasteiger partial charge in [0.25, 0.3) is 5.91 Å². The number of nitrogens with one attached hydrogen (secondary N) is 1. The van der Waals surface area contributed by atoms with Crippen LogP contribution >= 0.6 is 0 Å². The number of hydrogen-bond acceptors (Lipinski definition) is 7. The number of ether oxygens (including phenoxy) is 1. The number of para-hydroxylation sites is 3. The van der Waals surface area contributed by atoms with Crippen LogP contribution in [0.2, 0.25) is 0 Å². The normalized spacial score (nSPS) is 14.0. The maximum absolute atomic E-state index is 12.5. The standard InChI is InChI=1S/C23H23N7O2.2H2/c24-22-21(23-26-17-8-4-5-9-18(17)27-23)28-19(14-25-22)29-10-12-30(13-11-29)20(31)15-32-16-6-2-1-3-7-16;;/h1-9,14H,10-13,15H2,(H2,24,25)(H,26,27);2*1H. The molecule has 1 aliphatic rings. The van der Waals surface area contributed by atoms with Crippen molar-refractivity contribution in [2.75, 3.05) is 43.4 Å². The Balaban J connectivity index is 0.00000162. The largest absolute Gasteiger partial charge is 0.484 e. The lowest BCUT2D eigenvalue weighted by Crippen LogP contribution is -2.50. The molecule has 1 amide bonds. The second-order valence-corrected chi connectivity index (χ2v) is 7.53. The minimum atomic E-state index is -0.0279. The number of imidazole rings is 1. The van der Waals surface area contributed by atoms with Gasteiger partial charge in [-0.1, -0.05) is 30.3 Å². The van der Waals surface area contributed by atoms with Gasteiger partial charge in [0.2, 0.25) is 0 Å². The quantitative estimate of drug-likeness (QED) is 0.497. The fourth-order valence-corrected chi connectivity index (χ4v) is 3.72. The third kappa shape index (κ3) is 4.04. The summed E-state index contributed by atoms with van der Waals surface area (Å²) in [7, 11) is 0. The fraction of sp³-hybridized carbons (Fsp3) is 0.217. The number of rotatable bonds is 5. The second kappa shape index (κ2) is 8.54. The van der Waals surface area contributed by atoms with Crippen molar-refractivity contribution in [3.63, 3.8) is 0 Å². The Morgan fingerprint density at radius 2 is 1.78 bits per heavy atom. The molecule has 5 rings (SSSR count). The van der Waals surface area contributed by atoms with Crippen LogP contribution in [-0.2, 0) is 4.79 Å². The van der Waals surface area contributed by atoms with Crippen molar-refractivity contribution in [2.24, 2.45) is 0 Å². The van der Waals surface area contributed by atoms with E-state index in [9.17, 15) is 4.79 Å². The number of nitrogens with zero attached hydrogens (tertiary/aromatic N) is 5. The molecule has 1 fully saturated rings. The molecule has 1 saturated heterocycles. The van der Waals surface area contributed by atoms with Crippen LogP contribution in [0.4, 0.5) is 11.6 Å². The summed E-state index contributed by atoms with van der Waals surface area (Å²) in [5.41, 5.74) is 8.38. The minimum absolute atomic E-state index is 0. The van der Waals surface area contributed by atoms with E-state index in [2.05, 4.69) is 19.9 Å². The number of hydrogen-bond donors (Lipinski definition) is 2. The number of aromatic amines is 1. The van der Waals surface area contributed by atoms with Gasteiger partial charge < -0.3 is 25.3 Å². The molecule has 2 aromatic carbocycles. The van der Waals surface area contributed by atoms with E-state index in [1.807, 2.05) is 59.5 Å². The van der Waals surface area contributed by atoms with Crippen LogP contribution in [-0.4, -0.2) is 63.5 Å². The first kappa shape index (κ1) is 19.8. The second-order valence-electron chi connectivity index (χ2n) is 7.53. The minimum Gasteiger partial charge on any atom is -0.484 e. The van der Waals surface area contributed by atoms with Crippen LogP contribution < -0.4 is 15.4 Å². The van der Waals surface area contributed by atoms with Gasteiger partial charge in [0.1, 0.15) is 11.6 Å². The van der Waals surface area contributed by atoms with E-state index >= 15 is 0 Å². The summed E-state index contributed by atoms with van der Waals surface area (Å²) in [6.45, 7) is 2.50. The Labute approximate surface area is 187 Å². The zero-order chi connectivity index (χ0) is 21.9. The molecule has 4 aromatic rings. The number of fused-ring (bicyclic) bond motifs is 1. The van der Waals surface area contributed by atoms with E-state index < -0.39 is 0 Å². The van der Waals surface area contributed by atoms with E-state index in [4.69, 9.17) is 15.5 Å². The van der Waals surface area contributed by atoms with Crippen LogP contribution in [0.5, 0.6) is 5.75 Å². The van der Waals surface area contributed by atoms with Crippen molar-refractivity contribution in [1.82, 2.24) is 24.8 Å². The average molecular weight is 434 g/mol. The molecule has 3 heterocycles. The van der Waals surface area contributed by atoms with E-state index in [1.54, 1.807) is 6.20 Å². The lowest BCUT2D eigenvalue weighted by atomic mass is 10.3. The summed E-state index contributed by atoms with van der Waals surface area (Å²) in [4.78, 5) is 33.3. The molecule has 2 aromatic heterocycles. The Bertz CT molecular complexity index is 1210. The van der Waals surface area contributed by atoms with E-state index in [1.165, 1.54) is 0 Å². The maximum atomic E-state index is 12.5. The third-order valence-electron chi connectivity index (χ3n) is 5.46. The average Bonchev–Trinajstić information content (AvgIpc) is 3.28. The zero-order valence-electron chi connectivity index (χ0n) is 17.4. The van der Waals surface area contributed by atoms with Crippen LogP contribution in [0.1, 0.15) is 2.85 Å². The highest BCUT2D eigenvalue weighted by atomic mass is 16.5. The van der Waals surface area contributed by atoms with Crippen molar-refractivity contribution >= 4 is 28.6 Å². The highest BCUT2D eigenvalue weighted by Gasteiger charge is 2.23. The smallest absolute Gasteiger partial charge is 0.260 e. The fourth-order valence-electron chi connectivity index (χ4n) is 3.72. The van der Waals surface area contributed by atoms with E-state index in [0.717, 1.165) is 11.0 Å². The number of carbonyl (C=O) groups is 1. The number of carbonyl (C=O) groups excluding carboxylic acids is 1. The number of piperazine rings is 1. The number of nitrogens with two attached hydrogens (primary N) is 1. The van der Waals surface area contributed by atoms with Crippen LogP contribution in [0, 0.1) is 0 Å². The Kier molecular flexibility index (Phi) is 5.29. The highest BCUT2D eigenvalue weighted by Crippen LogP contribution is 2.25.